The largest absolute Gasteiger partial charge is 0.463 e. The van der Waals surface area contributed by atoms with Gasteiger partial charge < -0.3 is 9.64 Å². The summed E-state index contributed by atoms with van der Waals surface area (Å²) in [6, 6.07) is 25.1. The molecule has 5 rings (SSSR count). The summed E-state index contributed by atoms with van der Waals surface area (Å²) < 4.78 is 7.76. The van der Waals surface area contributed by atoms with Gasteiger partial charge in [-0.1, -0.05) is 65.9 Å². The van der Waals surface area contributed by atoms with Crippen LogP contribution in [0.3, 0.4) is 0 Å². The molecule has 0 bridgehead atoms. The molecule has 6 nitrogen and oxygen atoms in total. The average molecular weight is 584 g/mol. The highest BCUT2D eigenvalue weighted by molar-refractivity contribution is 7.98. The predicted octanol–water partition coefficient (Wildman–Crippen LogP) is 5.50. The third kappa shape index (κ3) is 5.80. The molecule has 0 spiro atoms. The topological polar surface area (TPSA) is 63.9 Å². The van der Waals surface area contributed by atoms with Gasteiger partial charge in [0, 0.05) is 29.2 Å². The van der Waals surface area contributed by atoms with Crippen molar-refractivity contribution in [3.63, 3.8) is 0 Å². The fraction of sp³-hybridized carbons (Fsp3) is 0.242. The molecule has 0 saturated carbocycles. The van der Waals surface area contributed by atoms with E-state index in [1.807, 2.05) is 79.1 Å². The second kappa shape index (κ2) is 12.7. The highest BCUT2D eigenvalue weighted by Crippen LogP contribution is 2.35. The molecule has 0 unspecified atom stereocenters. The number of benzene rings is 3. The van der Waals surface area contributed by atoms with Crippen molar-refractivity contribution in [2.24, 2.45) is 4.99 Å². The van der Waals surface area contributed by atoms with E-state index in [1.165, 1.54) is 11.3 Å². The Balaban J connectivity index is 1.73. The summed E-state index contributed by atoms with van der Waals surface area (Å²) in [7, 11) is 0. The number of hydrogen-bond donors (Lipinski definition) is 0. The van der Waals surface area contributed by atoms with Crippen LogP contribution >= 0.6 is 23.1 Å². The Kier molecular flexibility index (Phi) is 8.90. The zero-order valence-corrected chi connectivity index (χ0v) is 25.3. The number of fused-ring (bicyclic) bond motifs is 1. The van der Waals surface area contributed by atoms with Gasteiger partial charge in [0.25, 0.3) is 5.56 Å². The van der Waals surface area contributed by atoms with E-state index in [0.29, 0.717) is 20.6 Å². The van der Waals surface area contributed by atoms with E-state index in [9.17, 15) is 9.59 Å². The van der Waals surface area contributed by atoms with Crippen LogP contribution in [0.15, 0.2) is 99.1 Å². The third-order valence-corrected chi connectivity index (χ3v) is 8.85. The SMILES string of the molecule is CCOC(=O)C1=C(c2ccccc2)N=c2s/c(=C\c3ccc(N(CC)CC)cc3)c(=O)n2[C@H]1c1ccc(SC)cc1. The molecule has 0 aliphatic carbocycles. The number of hydrogen-bond acceptors (Lipinski definition) is 7. The number of ether oxygens (including phenoxy) is 1. The normalized spacial score (nSPS) is 14.9. The fourth-order valence-electron chi connectivity index (χ4n) is 5.06. The maximum absolute atomic E-state index is 14.1. The lowest BCUT2D eigenvalue weighted by molar-refractivity contribution is -0.138. The van der Waals surface area contributed by atoms with Gasteiger partial charge in [-0.05, 0) is 68.5 Å². The van der Waals surface area contributed by atoms with Crippen LogP contribution in [0, 0.1) is 0 Å². The van der Waals surface area contributed by atoms with Gasteiger partial charge in [-0.3, -0.25) is 9.36 Å². The molecule has 8 heteroatoms. The van der Waals surface area contributed by atoms with Gasteiger partial charge in [-0.2, -0.15) is 0 Å². The minimum absolute atomic E-state index is 0.186. The molecule has 4 aromatic rings. The molecule has 0 fully saturated rings. The summed E-state index contributed by atoms with van der Waals surface area (Å²) in [6.45, 7) is 8.13. The molecule has 2 heterocycles. The Labute approximate surface area is 248 Å². The Morgan fingerprint density at radius 1 is 1.00 bits per heavy atom. The molecule has 0 radical (unpaired) electrons. The first kappa shape index (κ1) is 28.6. The van der Waals surface area contributed by atoms with Gasteiger partial charge in [0.15, 0.2) is 4.80 Å². The van der Waals surface area contributed by atoms with Gasteiger partial charge in [-0.25, -0.2) is 9.79 Å². The number of carbonyl (C=O) groups excluding carboxylic acids is 1. The summed E-state index contributed by atoms with van der Waals surface area (Å²) in [6.07, 6.45) is 3.92. The number of thioether (sulfide) groups is 1. The number of anilines is 1. The number of rotatable bonds is 9. The van der Waals surface area contributed by atoms with Crippen LogP contribution in [0.1, 0.15) is 43.5 Å². The molecule has 0 N–H and O–H groups in total. The van der Waals surface area contributed by atoms with Crippen LogP contribution in [0.4, 0.5) is 5.69 Å². The van der Waals surface area contributed by atoms with Crippen molar-refractivity contribution in [2.45, 2.75) is 31.7 Å². The Hall–Kier alpha value is -3.88. The van der Waals surface area contributed by atoms with E-state index < -0.39 is 12.0 Å². The average Bonchev–Trinajstić information content (AvgIpc) is 3.32. The quantitative estimate of drug-likeness (QED) is 0.192. The van der Waals surface area contributed by atoms with Gasteiger partial charge in [0.05, 0.1) is 28.5 Å². The van der Waals surface area contributed by atoms with Crippen LogP contribution in [-0.2, 0) is 9.53 Å². The predicted molar refractivity (Wildman–Crippen MR) is 169 cm³/mol. The monoisotopic (exact) mass is 583 g/mol. The van der Waals surface area contributed by atoms with Crippen molar-refractivity contribution >= 4 is 46.5 Å². The van der Waals surface area contributed by atoms with E-state index in [-0.39, 0.29) is 12.2 Å². The Morgan fingerprint density at radius 2 is 1.68 bits per heavy atom. The first-order chi connectivity index (χ1) is 20.0. The molecule has 0 saturated heterocycles. The third-order valence-electron chi connectivity index (χ3n) is 7.12. The maximum Gasteiger partial charge on any atom is 0.338 e. The van der Waals surface area contributed by atoms with E-state index >= 15 is 0 Å². The second-order valence-corrected chi connectivity index (χ2v) is 11.4. The van der Waals surface area contributed by atoms with E-state index in [1.54, 1.807) is 23.3 Å². The highest BCUT2D eigenvalue weighted by atomic mass is 32.2. The molecule has 1 aliphatic rings. The van der Waals surface area contributed by atoms with Gasteiger partial charge >= 0.3 is 5.97 Å². The Morgan fingerprint density at radius 3 is 2.29 bits per heavy atom. The van der Waals surface area contributed by atoms with Crippen LogP contribution in [0.25, 0.3) is 11.8 Å². The van der Waals surface area contributed by atoms with Crippen molar-refractivity contribution in [2.75, 3.05) is 30.9 Å². The number of nitrogens with zero attached hydrogens (tertiary/aromatic N) is 3. The minimum atomic E-state index is -0.677. The van der Waals surface area contributed by atoms with E-state index in [2.05, 4.69) is 30.9 Å². The van der Waals surface area contributed by atoms with Crippen LogP contribution in [-0.4, -0.2) is 36.5 Å². The second-order valence-electron chi connectivity index (χ2n) is 9.47. The lowest BCUT2D eigenvalue weighted by Crippen LogP contribution is -2.40. The maximum atomic E-state index is 14.1. The van der Waals surface area contributed by atoms with Crippen molar-refractivity contribution in [1.29, 1.82) is 0 Å². The summed E-state index contributed by atoms with van der Waals surface area (Å²) in [5.74, 6) is -0.477. The fourth-order valence-corrected chi connectivity index (χ4v) is 6.47. The zero-order chi connectivity index (χ0) is 28.9. The molecule has 1 aromatic heterocycles. The lowest BCUT2D eigenvalue weighted by Gasteiger charge is -2.26. The first-order valence-electron chi connectivity index (χ1n) is 13.8. The van der Waals surface area contributed by atoms with Crippen molar-refractivity contribution in [3.8, 4) is 0 Å². The summed E-state index contributed by atoms with van der Waals surface area (Å²) in [5.41, 5.74) is 4.40. The molecule has 210 valence electrons. The standard InChI is InChI=1S/C33H33N3O3S2/c1-5-35(6-2)25-17-13-22(14-18-25)21-27-31(37)36-30(24-15-19-26(40-4)20-16-24)28(32(38)39-7-3)29(34-33(36)41-27)23-11-9-8-10-12-23/h8-21,30H,5-7H2,1-4H3/b27-21-/t30-/m0/s1. The molecule has 1 aliphatic heterocycles. The molecule has 41 heavy (non-hydrogen) atoms. The molecule has 1 atom stereocenters. The zero-order valence-electron chi connectivity index (χ0n) is 23.7. The van der Waals surface area contributed by atoms with E-state index in [4.69, 9.17) is 9.73 Å². The number of esters is 1. The molecular weight excluding hydrogens is 551 g/mol. The first-order valence-corrected chi connectivity index (χ1v) is 15.8. The van der Waals surface area contributed by atoms with Crippen LogP contribution in [0.5, 0.6) is 0 Å². The molecular formula is C33H33N3O3S2. The smallest absolute Gasteiger partial charge is 0.338 e. The summed E-state index contributed by atoms with van der Waals surface area (Å²) >= 11 is 2.98. The number of thiazole rings is 1. The van der Waals surface area contributed by atoms with Gasteiger partial charge in [0.1, 0.15) is 0 Å². The van der Waals surface area contributed by atoms with Crippen molar-refractivity contribution in [1.82, 2.24) is 4.57 Å². The number of carbonyl (C=O) groups is 1. The summed E-state index contributed by atoms with van der Waals surface area (Å²) in [4.78, 5) is 36.5. The lowest BCUT2D eigenvalue weighted by atomic mass is 9.93. The van der Waals surface area contributed by atoms with Crippen molar-refractivity contribution in [3.05, 3.63) is 121 Å². The minimum Gasteiger partial charge on any atom is -0.463 e. The van der Waals surface area contributed by atoms with E-state index in [0.717, 1.165) is 40.4 Å². The van der Waals surface area contributed by atoms with Crippen LogP contribution in [0.2, 0.25) is 0 Å². The van der Waals surface area contributed by atoms with Crippen molar-refractivity contribution < 1.29 is 9.53 Å². The Bertz CT molecular complexity index is 1730. The molecule has 0 amide bonds. The highest BCUT2D eigenvalue weighted by Gasteiger charge is 2.35. The van der Waals surface area contributed by atoms with Gasteiger partial charge in [0.2, 0.25) is 0 Å². The summed E-state index contributed by atoms with van der Waals surface area (Å²) in [5, 5.41) is 0. The van der Waals surface area contributed by atoms with Gasteiger partial charge in [-0.15, -0.1) is 11.8 Å². The molecule has 3 aromatic carbocycles. The number of aromatic nitrogens is 1. The van der Waals surface area contributed by atoms with Crippen LogP contribution < -0.4 is 19.8 Å².